The highest BCUT2D eigenvalue weighted by Crippen LogP contribution is 2.28. The fraction of sp³-hybridized carbons (Fsp3) is 0.182. The second kappa shape index (κ2) is 8.89. The quantitative estimate of drug-likeness (QED) is 0.302. The summed E-state index contributed by atoms with van der Waals surface area (Å²) in [5.41, 5.74) is 9.50. The number of benzene rings is 1. The third-order valence-corrected chi connectivity index (χ3v) is 5.20. The first-order chi connectivity index (χ1) is 15.7. The van der Waals surface area contributed by atoms with E-state index >= 15 is 0 Å². The summed E-state index contributed by atoms with van der Waals surface area (Å²) in [7, 11) is 2.14. The van der Waals surface area contributed by atoms with E-state index in [4.69, 9.17) is 5.73 Å². The highest BCUT2D eigenvalue weighted by molar-refractivity contribution is 6.58. The van der Waals surface area contributed by atoms with Crippen molar-refractivity contribution in [2.45, 2.75) is 13.5 Å². The highest BCUT2D eigenvalue weighted by Gasteiger charge is 2.19. The lowest BCUT2D eigenvalue weighted by Crippen LogP contribution is -2.30. The van der Waals surface area contributed by atoms with Gasteiger partial charge in [0.2, 0.25) is 11.9 Å². The van der Waals surface area contributed by atoms with Crippen LogP contribution in [0.3, 0.4) is 0 Å². The van der Waals surface area contributed by atoms with Gasteiger partial charge in [0.05, 0.1) is 16.8 Å². The van der Waals surface area contributed by atoms with E-state index in [0.29, 0.717) is 40.8 Å². The largest absolute Gasteiger partial charge is 0.488 e. The van der Waals surface area contributed by atoms with Gasteiger partial charge in [-0.25, -0.2) is 0 Å². The summed E-state index contributed by atoms with van der Waals surface area (Å²) in [6.07, 6.45) is 1.84. The third kappa shape index (κ3) is 4.50. The van der Waals surface area contributed by atoms with Crippen molar-refractivity contribution in [3.63, 3.8) is 0 Å². The standard InChI is InChI=1S/C22H24BN7O3/c1-13-10-17-16(19(24)31)8-5-9-30(17)18(13)20-26-21(28-22(27-20)29(2)3)25-12-14-6-4-7-15(11-14)23(32)33/h4-11,32-33H,12H2,1-3H3,(H2,24,31)(H,25,26,27,28). The molecule has 5 N–H and O–H groups in total. The molecule has 0 saturated heterocycles. The Morgan fingerprint density at radius 3 is 2.64 bits per heavy atom. The van der Waals surface area contributed by atoms with Gasteiger partial charge >= 0.3 is 7.12 Å². The van der Waals surface area contributed by atoms with Crippen LogP contribution in [0.4, 0.5) is 11.9 Å². The predicted molar refractivity (Wildman–Crippen MR) is 127 cm³/mol. The molecule has 0 unspecified atom stereocenters. The maximum Gasteiger partial charge on any atom is 0.488 e. The van der Waals surface area contributed by atoms with E-state index in [0.717, 1.165) is 16.8 Å². The Morgan fingerprint density at radius 2 is 1.94 bits per heavy atom. The molecule has 3 aromatic heterocycles. The Hall–Kier alpha value is -3.96. The van der Waals surface area contributed by atoms with Crippen LogP contribution in [0.2, 0.25) is 0 Å². The molecule has 4 aromatic rings. The van der Waals surface area contributed by atoms with Crippen molar-refractivity contribution in [1.29, 1.82) is 0 Å². The van der Waals surface area contributed by atoms with Crippen LogP contribution in [0, 0.1) is 6.92 Å². The zero-order chi connectivity index (χ0) is 23.7. The molecule has 33 heavy (non-hydrogen) atoms. The molecule has 0 radical (unpaired) electrons. The van der Waals surface area contributed by atoms with Crippen LogP contribution in [0.5, 0.6) is 0 Å². The lowest BCUT2D eigenvalue weighted by molar-refractivity contribution is 0.100. The van der Waals surface area contributed by atoms with E-state index < -0.39 is 13.0 Å². The minimum absolute atomic E-state index is 0.360. The van der Waals surface area contributed by atoms with Gasteiger partial charge < -0.3 is 30.4 Å². The molecule has 0 aliphatic rings. The molecule has 0 spiro atoms. The molecule has 0 atom stereocenters. The van der Waals surface area contributed by atoms with Crippen LogP contribution < -0.4 is 21.4 Å². The highest BCUT2D eigenvalue weighted by atomic mass is 16.4. The fourth-order valence-corrected chi connectivity index (χ4v) is 3.61. The second-order valence-electron chi connectivity index (χ2n) is 7.87. The topological polar surface area (TPSA) is 142 Å². The van der Waals surface area contributed by atoms with E-state index in [2.05, 4.69) is 20.3 Å². The van der Waals surface area contributed by atoms with Crippen LogP contribution >= 0.6 is 0 Å². The lowest BCUT2D eigenvalue weighted by Gasteiger charge is -2.14. The number of rotatable bonds is 7. The SMILES string of the molecule is Cc1cc2c(C(N)=O)cccn2c1-c1nc(NCc2cccc(B(O)O)c2)nc(N(C)C)n1. The Bertz CT molecular complexity index is 1340. The molecule has 0 saturated carbocycles. The summed E-state index contributed by atoms with van der Waals surface area (Å²) in [4.78, 5) is 27.4. The maximum atomic E-state index is 11.9. The van der Waals surface area contributed by atoms with Gasteiger partial charge in [0.1, 0.15) is 0 Å². The summed E-state index contributed by atoms with van der Waals surface area (Å²) < 4.78 is 1.85. The molecular formula is C22H24BN7O3. The summed E-state index contributed by atoms with van der Waals surface area (Å²) in [6.45, 7) is 2.29. The summed E-state index contributed by atoms with van der Waals surface area (Å²) >= 11 is 0. The first-order valence-corrected chi connectivity index (χ1v) is 10.3. The Labute approximate surface area is 190 Å². The van der Waals surface area contributed by atoms with Crippen LogP contribution in [-0.4, -0.2) is 56.5 Å². The van der Waals surface area contributed by atoms with Crippen molar-refractivity contribution in [3.05, 3.63) is 65.4 Å². The van der Waals surface area contributed by atoms with Crippen molar-refractivity contribution in [3.8, 4) is 11.5 Å². The summed E-state index contributed by atoms with van der Waals surface area (Å²) in [5, 5.41) is 22.0. The molecule has 0 fully saturated rings. The zero-order valence-electron chi connectivity index (χ0n) is 18.5. The average molecular weight is 445 g/mol. The zero-order valence-corrected chi connectivity index (χ0v) is 18.5. The van der Waals surface area contributed by atoms with Crippen LogP contribution in [0.1, 0.15) is 21.5 Å². The van der Waals surface area contributed by atoms with Gasteiger partial charge in [-0.05, 0) is 41.7 Å². The molecule has 1 aromatic carbocycles. The van der Waals surface area contributed by atoms with Crippen molar-refractivity contribution < 1.29 is 14.8 Å². The lowest BCUT2D eigenvalue weighted by atomic mass is 9.80. The van der Waals surface area contributed by atoms with Crippen molar-refractivity contribution in [2.24, 2.45) is 5.73 Å². The number of hydrogen-bond donors (Lipinski definition) is 4. The van der Waals surface area contributed by atoms with E-state index in [1.54, 1.807) is 35.2 Å². The van der Waals surface area contributed by atoms with Gasteiger partial charge in [0.25, 0.3) is 5.91 Å². The molecule has 11 heteroatoms. The van der Waals surface area contributed by atoms with Crippen molar-refractivity contribution in [2.75, 3.05) is 24.3 Å². The molecule has 3 heterocycles. The Kier molecular flexibility index (Phi) is 5.99. The van der Waals surface area contributed by atoms with Gasteiger partial charge in [-0.3, -0.25) is 4.79 Å². The Morgan fingerprint density at radius 1 is 1.15 bits per heavy atom. The van der Waals surface area contributed by atoms with E-state index in [-0.39, 0.29) is 0 Å². The maximum absolute atomic E-state index is 11.9. The molecule has 1 amide bonds. The number of carbonyl (C=O) groups excluding carboxylic acids is 1. The number of aryl methyl sites for hydroxylation is 1. The number of fused-ring (bicyclic) bond motifs is 1. The number of nitrogens with two attached hydrogens (primary N) is 1. The monoisotopic (exact) mass is 445 g/mol. The fourth-order valence-electron chi connectivity index (χ4n) is 3.61. The first kappa shape index (κ1) is 22.2. The smallest absolute Gasteiger partial charge is 0.423 e. The Balaban J connectivity index is 1.75. The molecule has 4 rings (SSSR count). The first-order valence-electron chi connectivity index (χ1n) is 10.3. The number of aromatic nitrogens is 4. The minimum atomic E-state index is -1.54. The van der Waals surface area contributed by atoms with Crippen LogP contribution in [-0.2, 0) is 6.54 Å². The molecule has 0 bridgehead atoms. The normalized spacial score (nSPS) is 10.9. The van der Waals surface area contributed by atoms with Gasteiger partial charge in [0.15, 0.2) is 5.82 Å². The number of nitrogens with one attached hydrogen (secondary N) is 1. The number of nitrogens with zero attached hydrogens (tertiary/aromatic N) is 5. The molecule has 10 nitrogen and oxygen atoms in total. The van der Waals surface area contributed by atoms with Gasteiger partial charge in [0, 0.05) is 26.8 Å². The second-order valence-corrected chi connectivity index (χ2v) is 7.87. The van der Waals surface area contributed by atoms with Gasteiger partial charge in [-0.2, -0.15) is 15.0 Å². The van der Waals surface area contributed by atoms with Crippen molar-refractivity contribution in [1.82, 2.24) is 19.4 Å². The van der Waals surface area contributed by atoms with Crippen molar-refractivity contribution >= 4 is 35.9 Å². The van der Waals surface area contributed by atoms with E-state index in [9.17, 15) is 14.8 Å². The van der Waals surface area contributed by atoms with Gasteiger partial charge in [-0.15, -0.1) is 0 Å². The summed E-state index contributed by atoms with van der Waals surface area (Å²) in [6, 6.07) is 12.3. The van der Waals surface area contributed by atoms with Crippen LogP contribution in [0.15, 0.2) is 48.7 Å². The number of anilines is 2. The molecular weight excluding hydrogens is 421 g/mol. The third-order valence-electron chi connectivity index (χ3n) is 5.20. The number of carbonyl (C=O) groups is 1. The number of pyridine rings is 1. The number of hydrogen-bond acceptors (Lipinski definition) is 8. The number of primary amides is 1. The van der Waals surface area contributed by atoms with Gasteiger partial charge in [-0.1, -0.05) is 24.3 Å². The van der Waals surface area contributed by atoms with Crippen LogP contribution in [0.25, 0.3) is 17.0 Å². The average Bonchev–Trinajstić information content (AvgIpc) is 3.13. The number of amides is 1. The minimum Gasteiger partial charge on any atom is -0.423 e. The molecule has 168 valence electrons. The molecule has 0 aliphatic heterocycles. The van der Waals surface area contributed by atoms with E-state index in [1.165, 1.54) is 0 Å². The predicted octanol–water partition coefficient (Wildman–Crippen LogP) is 0.557. The molecule has 0 aliphatic carbocycles. The summed E-state index contributed by atoms with van der Waals surface area (Å²) in [5.74, 6) is 0.753. The van der Waals surface area contributed by atoms with E-state index in [1.807, 2.05) is 43.7 Å².